The molecule has 1 aromatic carbocycles. The summed E-state index contributed by atoms with van der Waals surface area (Å²) in [6.45, 7) is 9.25. The number of anilines is 1. The second kappa shape index (κ2) is 8.19. The zero-order valence-corrected chi connectivity index (χ0v) is 11.7. The fourth-order valence-electron chi connectivity index (χ4n) is 1.38. The van der Waals surface area contributed by atoms with Crippen LogP contribution in [0.2, 0.25) is 0 Å². The van der Waals surface area contributed by atoms with E-state index in [0.717, 1.165) is 23.4 Å². The van der Waals surface area contributed by atoms with Gasteiger partial charge in [-0.3, -0.25) is 4.79 Å². The standard InChI is InChI=1S/C15H22N2O2/c1-4-9-16-15(18)10-17-13-5-7-14(8-6-13)19-11-12(2)3/h5-8,17H,2,4,9-11H2,1,3H3,(H,16,18). The van der Waals surface area contributed by atoms with Crippen molar-refractivity contribution in [2.75, 3.05) is 25.0 Å². The summed E-state index contributed by atoms with van der Waals surface area (Å²) in [5.74, 6) is 0.799. The molecule has 0 saturated carbocycles. The third-order valence-corrected chi connectivity index (χ3v) is 2.36. The molecule has 0 aliphatic carbocycles. The van der Waals surface area contributed by atoms with Gasteiger partial charge in [0.1, 0.15) is 12.4 Å². The Morgan fingerprint density at radius 1 is 1.32 bits per heavy atom. The lowest BCUT2D eigenvalue weighted by Gasteiger charge is -2.09. The van der Waals surface area contributed by atoms with Crippen LogP contribution in [0.1, 0.15) is 20.3 Å². The minimum absolute atomic E-state index is 0.00413. The SMILES string of the molecule is C=C(C)COc1ccc(NCC(=O)NCCC)cc1. The second-order valence-electron chi connectivity index (χ2n) is 4.47. The highest BCUT2D eigenvalue weighted by atomic mass is 16.5. The molecule has 0 saturated heterocycles. The molecule has 0 aromatic heterocycles. The molecule has 0 spiro atoms. The number of hydrogen-bond acceptors (Lipinski definition) is 3. The maximum Gasteiger partial charge on any atom is 0.239 e. The summed E-state index contributed by atoms with van der Waals surface area (Å²) in [4.78, 5) is 11.4. The number of ether oxygens (including phenoxy) is 1. The van der Waals surface area contributed by atoms with Gasteiger partial charge in [0.2, 0.25) is 5.91 Å². The molecule has 19 heavy (non-hydrogen) atoms. The lowest BCUT2D eigenvalue weighted by Crippen LogP contribution is -2.30. The van der Waals surface area contributed by atoms with Gasteiger partial charge < -0.3 is 15.4 Å². The van der Waals surface area contributed by atoms with Crippen LogP contribution in [0.5, 0.6) is 5.75 Å². The van der Waals surface area contributed by atoms with Crippen molar-refractivity contribution in [3.05, 3.63) is 36.4 Å². The van der Waals surface area contributed by atoms with Gasteiger partial charge in [-0.1, -0.05) is 13.5 Å². The molecule has 4 nitrogen and oxygen atoms in total. The number of hydrogen-bond donors (Lipinski definition) is 2. The summed E-state index contributed by atoms with van der Waals surface area (Å²) in [5, 5.41) is 5.87. The number of benzene rings is 1. The highest BCUT2D eigenvalue weighted by molar-refractivity contribution is 5.80. The molecule has 1 aromatic rings. The second-order valence-corrected chi connectivity index (χ2v) is 4.47. The largest absolute Gasteiger partial charge is 0.489 e. The van der Waals surface area contributed by atoms with Crippen LogP contribution in [0.3, 0.4) is 0 Å². The van der Waals surface area contributed by atoms with Crippen LogP contribution in [0.15, 0.2) is 36.4 Å². The Morgan fingerprint density at radius 2 is 2.00 bits per heavy atom. The van der Waals surface area contributed by atoms with Crippen molar-refractivity contribution in [2.24, 2.45) is 0 Å². The summed E-state index contributed by atoms with van der Waals surface area (Å²) < 4.78 is 5.49. The Balaban J connectivity index is 2.35. The van der Waals surface area contributed by atoms with Gasteiger partial charge in [0.05, 0.1) is 6.54 Å². The van der Waals surface area contributed by atoms with Crippen molar-refractivity contribution < 1.29 is 9.53 Å². The maximum atomic E-state index is 11.4. The van der Waals surface area contributed by atoms with Gasteiger partial charge in [0.15, 0.2) is 0 Å². The molecule has 0 heterocycles. The van der Waals surface area contributed by atoms with Crippen LogP contribution < -0.4 is 15.4 Å². The number of nitrogens with one attached hydrogen (secondary N) is 2. The third kappa shape index (κ3) is 6.50. The van der Waals surface area contributed by atoms with E-state index in [1.807, 2.05) is 38.1 Å². The zero-order chi connectivity index (χ0) is 14.1. The highest BCUT2D eigenvalue weighted by Crippen LogP contribution is 2.15. The van der Waals surface area contributed by atoms with Gasteiger partial charge in [0, 0.05) is 12.2 Å². The van der Waals surface area contributed by atoms with E-state index >= 15 is 0 Å². The minimum Gasteiger partial charge on any atom is -0.489 e. The molecule has 0 radical (unpaired) electrons. The third-order valence-electron chi connectivity index (χ3n) is 2.36. The number of carbonyl (C=O) groups excluding carboxylic acids is 1. The summed E-state index contributed by atoms with van der Waals surface area (Å²) >= 11 is 0. The zero-order valence-electron chi connectivity index (χ0n) is 11.7. The predicted molar refractivity (Wildman–Crippen MR) is 78.5 cm³/mol. The number of carbonyl (C=O) groups is 1. The van der Waals surface area contributed by atoms with Gasteiger partial charge in [-0.25, -0.2) is 0 Å². The van der Waals surface area contributed by atoms with Crippen molar-refractivity contribution in [3.63, 3.8) is 0 Å². The van der Waals surface area contributed by atoms with E-state index in [2.05, 4.69) is 17.2 Å². The van der Waals surface area contributed by atoms with Crippen LogP contribution in [0.4, 0.5) is 5.69 Å². The molecule has 0 aliphatic heterocycles. The van der Waals surface area contributed by atoms with Crippen molar-refractivity contribution >= 4 is 11.6 Å². The maximum absolute atomic E-state index is 11.4. The van der Waals surface area contributed by atoms with E-state index in [4.69, 9.17) is 4.74 Å². The summed E-state index contributed by atoms with van der Waals surface area (Å²) in [6, 6.07) is 7.52. The molecular formula is C15H22N2O2. The molecule has 0 fully saturated rings. The van der Waals surface area contributed by atoms with E-state index in [0.29, 0.717) is 13.2 Å². The molecular weight excluding hydrogens is 240 g/mol. The lowest BCUT2D eigenvalue weighted by atomic mass is 10.3. The smallest absolute Gasteiger partial charge is 0.239 e. The first-order valence-electron chi connectivity index (χ1n) is 6.49. The van der Waals surface area contributed by atoms with Crippen LogP contribution in [0.25, 0.3) is 0 Å². The topological polar surface area (TPSA) is 50.4 Å². The lowest BCUT2D eigenvalue weighted by molar-refractivity contribution is -0.119. The van der Waals surface area contributed by atoms with Crippen molar-refractivity contribution in [1.29, 1.82) is 0 Å². The van der Waals surface area contributed by atoms with E-state index < -0.39 is 0 Å². The Kier molecular flexibility index (Phi) is 6.50. The minimum atomic E-state index is 0.00413. The molecule has 0 aliphatic rings. The molecule has 104 valence electrons. The molecule has 0 atom stereocenters. The first kappa shape index (κ1) is 15.1. The van der Waals surface area contributed by atoms with Gasteiger partial charge in [0.25, 0.3) is 0 Å². The Hall–Kier alpha value is -1.97. The van der Waals surface area contributed by atoms with Gasteiger partial charge in [-0.2, -0.15) is 0 Å². The highest BCUT2D eigenvalue weighted by Gasteiger charge is 2.00. The van der Waals surface area contributed by atoms with Gasteiger partial charge in [-0.15, -0.1) is 0 Å². The summed E-state index contributed by atoms with van der Waals surface area (Å²) in [5.41, 5.74) is 1.88. The first-order chi connectivity index (χ1) is 9.11. The predicted octanol–water partition coefficient (Wildman–Crippen LogP) is 2.58. The Morgan fingerprint density at radius 3 is 2.58 bits per heavy atom. The average Bonchev–Trinajstić information content (AvgIpc) is 2.41. The van der Waals surface area contributed by atoms with E-state index in [9.17, 15) is 4.79 Å². The van der Waals surface area contributed by atoms with Crippen molar-refractivity contribution in [3.8, 4) is 5.75 Å². The number of amides is 1. The van der Waals surface area contributed by atoms with Crippen LogP contribution in [0, 0.1) is 0 Å². The molecule has 0 unspecified atom stereocenters. The van der Waals surface area contributed by atoms with E-state index in [1.165, 1.54) is 0 Å². The Labute approximate surface area is 114 Å². The molecule has 4 heteroatoms. The molecule has 2 N–H and O–H groups in total. The normalized spacial score (nSPS) is 9.79. The van der Waals surface area contributed by atoms with Crippen LogP contribution in [-0.2, 0) is 4.79 Å². The summed E-state index contributed by atoms with van der Waals surface area (Å²) in [7, 11) is 0. The van der Waals surface area contributed by atoms with E-state index in [-0.39, 0.29) is 12.5 Å². The molecule has 1 amide bonds. The summed E-state index contributed by atoms with van der Waals surface area (Å²) in [6.07, 6.45) is 0.945. The first-order valence-corrected chi connectivity index (χ1v) is 6.49. The molecule has 1 rings (SSSR count). The monoisotopic (exact) mass is 262 g/mol. The van der Waals surface area contributed by atoms with Gasteiger partial charge >= 0.3 is 0 Å². The fourth-order valence-corrected chi connectivity index (χ4v) is 1.38. The van der Waals surface area contributed by atoms with E-state index in [1.54, 1.807) is 0 Å². The van der Waals surface area contributed by atoms with Crippen LogP contribution in [-0.4, -0.2) is 25.6 Å². The van der Waals surface area contributed by atoms with Gasteiger partial charge in [-0.05, 0) is 43.2 Å². The quantitative estimate of drug-likeness (QED) is 0.708. The Bertz CT molecular complexity index is 413. The van der Waals surface area contributed by atoms with Crippen LogP contribution >= 0.6 is 0 Å². The van der Waals surface area contributed by atoms with Crippen molar-refractivity contribution in [1.82, 2.24) is 5.32 Å². The average molecular weight is 262 g/mol. The fraction of sp³-hybridized carbons (Fsp3) is 0.400. The number of rotatable bonds is 8. The van der Waals surface area contributed by atoms with Crippen molar-refractivity contribution in [2.45, 2.75) is 20.3 Å². The molecule has 0 bridgehead atoms.